The number of sulfonamides is 2. The number of primary sulfonamides is 1. The van der Waals surface area contributed by atoms with Crippen molar-refractivity contribution in [3.05, 3.63) is 58.1 Å². The molecule has 2 aromatic carbocycles. The number of carbonyl (C=O) groups is 1. The average molecular weight is 531 g/mol. The van der Waals surface area contributed by atoms with Crippen LogP contribution in [0.4, 0.5) is 13.2 Å². The van der Waals surface area contributed by atoms with Crippen LogP contribution < -0.4 is 9.86 Å². The Bertz CT molecular complexity index is 1170. The molecule has 1 amide bonds. The fourth-order valence-corrected chi connectivity index (χ4v) is 4.96. The number of nitrogens with one attached hydrogen (secondary N) is 1. The van der Waals surface area contributed by atoms with Gasteiger partial charge in [0, 0.05) is 10.0 Å². The monoisotopic (exact) mass is 530 g/mol. The quantitative estimate of drug-likeness (QED) is 0.564. The van der Waals surface area contributed by atoms with Crippen molar-refractivity contribution in [1.29, 1.82) is 0 Å². The summed E-state index contributed by atoms with van der Waals surface area (Å²) >= 11 is 3.10. The summed E-state index contributed by atoms with van der Waals surface area (Å²) < 4.78 is 91.4. The Morgan fingerprint density at radius 3 is 2.23 bits per heavy atom. The van der Waals surface area contributed by atoms with E-state index in [2.05, 4.69) is 20.7 Å². The highest BCUT2D eigenvalue weighted by molar-refractivity contribution is 9.10. The van der Waals surface area contributed by atoms with Gasteiger partial charge in [0.2, 0.25) is 10.0 Å². The molecule has 14 heteroatoms. The van der Waals surface area contributed by atoms with Crippen molar-refractivity contribution in [3.63, 3.8) is 0 Å². The molecule has 0 bridgehead atoms. The second kappa shape index (κ2) is 9.01. The van der Waals surface area contributed by atoms with E-state index >= 15 is 0 Å². The molecular formula is C16H14BrF3N2O6S2. The lowest BCUT2D eigenvalue weighted by molar-refractivity contribution is -0.176. The molecule has 0 saturated carbocycles. The van der Waals surface area contributed by atoms with Crippen molar-refractivity contribution >= 4 is 41.9 Å². The fourth-order valence-electron chi connectivity index (χ4n) is 2.25. The predicted octanol–water partition coefficient (Wildman–Crippen LogP) is 2.29. The molecule has 0 atom stereocenters. The summed E-state index contributed by atoms with van der Waals surface area (Å²) in [6, 6.07) is 8.08. The molecular weight excluding hydrogens is 517 g/mol. The Balaban J connectivity index is 2.27. The smallest absolute Gasteiger partial charge is 0.367 e. The molecule has 0 spiro atoms. The molecule has 164 valence electrons. The van der Waals surface area contributed by atoms with Gasteiger partial charge in [-0.15, -0.1) is 0 Å². The normalized spacial score (nSPS) is 12.6. The molecule has 0 aliphatic carbocycles. The summed E-state index contributed by atoms with van der Waals surface area (Å²) in [4.78, 5) is 10.9. The zero-order chi connectivity index (χ0) is 22.7. The highest BCUT2D eigenvalue weighted by atomic mass is 79.9. The molecule has 3 N–H and O–H groups in total. The second-order valence-corrected chi connectivity index (χ2v) is 9.88. The number of halogens is 4. The molecule has 2 rings (SSSR count). The SMILES string of the molecule is NS(=O)(=O)c1ccccc1S(=O)(=O)NC(=O)c1ccc(Br)c(COCC(F)(F)F)c1. The Morgan fingerprint density at radius 2 is 1.67 bits per heavy atom. The number of rotatable bonds is 7. The maximum absolute atomic E-state index is 12.5. The van der Waals surface area contributed by atoms with Crippen molar-refractivity contribution in [1.82, 2.24) is 4.72 Å². The molecule has 2 aromatic rings. The standard InChI is InChI=1S/C16H14BrF3N2O6S2/c17-12-6-5-10(7-11(12)8-28-9-16(18,19)20)15(23)22-30(26,27)14-4-2-1-3-13(14)29(21,24)25/h1-7H,8-9H2,(H,22,23)(H2,21,24,25). The lowest BCUT2D eigenvalue weighted by Gasteiger charge is -2.12. The number of carbonyl (C=O) groups excluding carboxylic acids is 1. The Hall–Kier alpha value is -2.00. The molecule has 0 fully saturated rings. The summed E-state index contributed by atoms with van der Waals surface area (Å²) in [5.41, 5.74) is -0.0466. The maximum atomic E-state index is 12.5. The minimum absolute atomic E-state index is 0.161. The molecule has 0 radical (unpaired) electrons. The first-order chi connectivity index (χ1) is 13.7. The van der Waals surface area contributed by atoms with Crippen LogP contribution in [0, 0.1) is 0 Å². The third-order valence-electron chi connectivity index (χ3n) is 3.50. The van der Waals surface area contributed by atoms with Gasteiger partial charge in [-0.3, -0.25) is 4.79 Å². The van der Waals surface area contributed by atoms with Gasteiger partial charge < -0.3 is 4.74 Å². The Labute approximate surface area is 178 Å². The van der Waals surface area contributed by atoms with E-state index in [1.807, 2.05) is 0 Å². The van der Waals surface area contributed by atoms with Crippen molar-refractivity contribution in [2.24, 2.45) is 5.14 Å². The average Bonchev–Trinajstić information content (AvgIpc) is 2.61. The predicted molar refractivity (Wildman–Crippen MR) is 102 cm³/mol. The minimum Gasteiger partial charge on any atom is -0.367 e. The molecule has 0 unspecified atom stereocenters. The number of ether oxygens (including phenoxy) is 1. The van der Waals surface area contributed by atoms with Crippen molar-refractivity contribution in [3.8, 4) is 0 Å². The summed E-state index contributed by atoms with van der Waals surface area (Å²) in [6.07, 6.45) is -4.54. The molecule has 0 aliphatic heterocycles. The van der Waals surface area contributed by atoms with Gasteiger partial charge in [0.25, 0.3) is 15.9 Å². The Kier molecular flexibility index (Phi) is 7.29. The van der Waals surface area contributed by atoms with Gasteiger partial charge in [-0.05, 0) is 35.9 Å². The largest absolute Gasteiger partial charge is 0.411 e. The third kappa shape index (κ3) is 6.50. The van der Waals surface area contributed by atoms with Gasteiger partial charge in [-0.1, -0.05) is 28.1 Å². The van der Waals surface area contributed by atoms with Crippen LogP contribution in [-0.4, -0.2) is 35.5 Å². The number of benzene rings is 2. The van der Waals surface area contributed by atoms with E-state index in [9.17, 15) is 34.8 Å². The van der Waals surface area contributed by atoms with E-state index < -0.39 is 55.1 Å². The van der Waals surface area contributed by atoms with Gasteiger partial charge in [0.15, 0.2) is 0 Å². The molecule has 8 nitrogen and oxygen atoms in total. The van der Waals surface area contributed by atoms with E-state index in [1.54, 1.807) is 4.72 Å². The van der Waals surface area contributed by atoms with Gasteiger partial charge in [0.1, 0.15) is 16.4 Å². The highest BCUT2D eigenvalue weighted by Crippen LogP contribution is 2.23. The first-order valence-corrected chi connectivity index (χ1v) is 11.6. The number of hydrogen-bond acceptors (Lipinski definition) is 6. The fraction of sp³-hybridized carbons (Fsp3) is 0.188. The van der Waals surface area contributed by atoms with Gasteiger partial charge in [-0.2, -0.15) is 13.2 Å². The van der Waals surface area contributed by atoms with Gasteiger partial charge in [0.05, 0.1) is 6.61 Å². The molecule has 0 aromatic heterocycles. The maximum Gasteiger partial charge on any atom is 0.411 e. The van der Waals surface area contributed by atoms with E-state index in [0.29, 0.717) is 4.47 Å². The number of hydrogen-bond donors (Lipinski definition) is 2. The summed E-state index contributed by atoms with van der Waals surface area (Å²) in [6.45, 7) is -2.00. The summed E-state index contributed by atoms with van der Waals surface area (Å²) in [7, 11) is -9.03. The lowest BCUT2D eigenvalue weighted by atomic mass is 10.1. The topological polar surface area (TPSA) is 133 Å². The van der Waals surface area contributed by atoms with Crippen LogP contribution in [0.25, 0.3) is 0 Å². The lowest BCUT2D eigenvalue weighted by Crippen LogP contribution is -2.32. The summed E-state index contributed by atoms with van der Waals surface area (Å²) in [5, 5.41) is 5.01. The number of amides is 1. The van der Waals surface area contributed by atoms with Gasteiger partial charge in [-0.25, -0.2) is 26.7 Å². The van der Waals surface area contributed by atoms with Crippen molar-refractivity contribution in [2.75, 3.05) is 6.61 Å². The Morgan fingerprint density at radius 1 is 1.07 bits per heavy atom. The first kappa shape index (κ1) is 24.3. The minimum atomic E-state index is -4.63. The van der Waals surface area contributed by atoms with Crippen LogP contribution in [0.3, 0.4) is 0 Å². The molecule has 0 aliphatic rings. The number of alkyl halides is 3. The molecule has 30 heavy (non-hydrogen) atoms. The van der Waals surface area contributed by atoms with E-state index in [-0.39, 0.29) is 11.1 Å². The second-order valence-electron chi connectivity index (χ2n) is 5.84. The number of nitrogens with two attached hydrogens (primary N) is 1. The van der Waals surface area contributed by atoms with Crippen LogP contribution in [0.1, 0.15) is 15.9 Å². The van der Waals surface area contributed by atoms with Crippen LogP contribution >= 0.6 is 15.9 Å². The van der Waals surface area contributed by atoms with Gasteiger partial charge >= 0.3 is 6.18 Å². The van der Waals surface area contributed by atoms with Crippen LogP contribution in [0.2, 0.25) is 0 Å². The third-order valence-corrected chi connectivity index (χ3v) is 6.76. The van der Waals surface area contributed by atoms with E-state index in [0.717, 1.165) is 18.2 Å². The zero-order valence-corrected chi connectivity index (χ0v) is 18.0. The van der Waals surface area contributed by atoms with Crippen LogP contribution in [-0.2, 0) is 31.4 Å². The highest BCUT2D eigenvalue weighted by Gasteiger charge is 2.28. The van der Waals surface area contributed by atoms with E-state index in [4.69, 9.17) is 5.14 Å². The van der Waals surface area contributed by atoms with Crippen molar-refractivity contribution < 1.29 is 39.5 Å². The molecule has 0 heterocycles. The first-order valence-electron chi connectivity index (χ1n) is 7.82. The van der Waals surface area contributed by atoms with Crippen molar-refractivity contribution in [2.45, 2.75) is 22.6 Å². The molecule has 0 saturated heterocycles. The van der Waals surface area contributed by atoms with E-state index in [1.165, 1.54) is 24.3 Å². The zero-order valence-electron chi connectivity index (χ0n) is 14.8. The van der Waals surface area contributed by atoms with Crippen LogP contribution in [0.15, 0.2) is 56.7 Å². The van der Waals surface area contributed by atoms with Crippen LogP contribution in [0.5, 0.6) is 0 Å². The summed E-state index contributed by atoms with van der Waals surface area (Å²) in [5.74, 6) is -1.14.